The maximum absolute atomic E-state index is 13.3. The third-order valence-electron chi connectivity index (χ3n) is 5.13. The van der Waals surface area contributed by atoms with Gasteiger partial charge in [-0.2, -0.15) is 4.31 Å². The van der Waals surface area contributed by atoms with Crippen molar-refractivity contribution < 1.29 is 22.7 Å². The van der Waals surface area contributed by atoms with E-state index in [-0.39, 0.29) is 28.0 Å². The first-order valence-corrected chi connectivity index (χ1v) is 11.1. The zero-order chi connectivity index (χ0) is 19.0. The van der Waals surface area contributed by atoms with Crippen molar-refractivity contribution in [3.63, 3.8) is 0 Å². The van der Waals surface area contributed by atoms with Crippen LogP contribution in [-0.4, -0.2) is 49.0 Å². The summed E-state index contributed by atoms with van der Waals surface area (Å²) in [6.45, 7) is 0. The number of thiophene rings is 1. The fraction of sp³-hybridized carbons (Fsp3) is 0.444. The van der Waals surface area contributed by atoms with E-state index in [0.29, 0.717) is 12.8 Å². The lowest BCUT2D eigenvalue weighted by atomic mass is 10.0. The molecule has 9 heteroatoms. The van der Waals surface area contributed by atoms with Crippen LogP contribution < -0.4 is 4.74 Å². The van der Waals surface area contributed by atoms with Gasteiger partial charge < -0.3 is 9.47 Å². The molecule has 0 aromatic carbocycles. The molecule has 0 spiro atoms. The lowest BCUT2D eigenvalue weighted by Crippen LogP contribution is -2.49. The Balaban J connectivity index is 1.56. The Hall–Kier alpha value is -1.97. The van der Waals surface area contributed by atoms with Crippen LogP contribution in [0.1, 0.15) is 35.4 Å². The summed E-state index contributed by atoms with van der Waals surface area (Å²) in [5.74, 6) is 0.128. The van der Waals surface area contributed by atoms with E-state index in [9.17, 15) is 13.2 Å². The minimum atomic E-state index is -3.76. The molecule has 2 saturated heterocycles. The highest BCUT2D eigenvalue weighted by atomic mass is 32.2. The van der Waals surface area contributed by atoms with Crippen molar-refractivity contribution >= 4 is 27.3 Å². The Morgan fingerprint density at radius 2 is 1.85 bits per heavy atom. The van der Waals surface area contributed by atoms with E-state index in [2.05, 4.69) is 4.98 Å². The van der Waals surface area contributed by atoms with Gasteiger partial charge in [0, 0.05) is 37.3 Å². The zero-order valence-electron chi connectivity index (χ0n) is 14.8. The van der Waals surface area contributed by atoms with Gasteiger partial charge in [0.2, 0.25) is 10.0 Å². The number of fused-ring (bicyclic) bond motifs is 2. The van der Waals surface area contributed by atoms with Crippen LogP contribution in [0.4, 0.5) is 0 Å². The summed E-state index contributed by atoms with van der Waals surface area (Å²) in [5.41, 5.74) is 0. The predicted molar refractivity (Wildman–Crippen MR) is 99.4 cm³/mol. The molecule has 144 valence electrons. The highest BCUT2D eigenvalue weighted by molar-refractivity contribution is 7.89. The van der Waals surface area contributed by atoms with Crippen molar-refractivity contribution in [2.75, 3.05) is 7.11 Å². The van der Waals surface area contributed by atoms with Gasteiger partial charge in [0.05, 0.1) is 7.11 Å². The Morgan fingerprint density at radius 1 is 1.19 bits per heavy atom. The summed E-state index contributed by atoms with van der Waals surface area (Å²) in [7, 11) is -2.51. The van der Waals surface area contributed by atoms with Gasteiger partial charge >= 0.3 is 5.97 Å². The highest BCUT2D eigenvalue weighted by Crippen LogP contribution is 2.42. The number of rotatable bonds is 5. The largest absolute Gasteiger partial charge is 0.490 e. The van der Waals surface area contributed by atoms with E-state index in [1.807, 2.05) is 0 Å². The fourth-order valence-electron chi connectivity index (χ4n) is 4.04. The van der Waals surface area contributed by atoms with E-state index in [0.717, 1.165) is 29.9 Å². The van der Waals surface area contributed by atoms with Crippen LogP contribution in [0.2, 0.25) is 0 Å². The molecule has 2 atom stereocenters. The normalized spacial score (nSPS) is 25.3. The maximum atomic E-state index is 13.3. The van der Waals surface area contributed by atoms with Crippen molar-refractivity contribution in [1.82, 2.24) is 9.29 Å². The molecule has 0 amide bonds. The van der Waals surface area contributed by atoms with Crippen LogP contribution in [0, 0.1) is 0 Å². The van der Waals surface area contributed by atoms with Crippen LogP contribution >= 0.6 is 11.3 Å². The summed E-state index contributed by atoms with van der Waals surface area (Å²) in [6.07, 6.45) is 6.20. The Kier molecular flexibility index (Phi) is 4.92. The molecular weight excluding hydrogens is 388 g/mol. The van der Waals surface area contributed by atoms with Crippen molar-refractivity contribution in [2.45, 2.75) is 48.8 Å². The van der Waals surface area contributed by atoms with Gasteiger partial charge in [0.15, 0.2) is 0 Å². The Morgan fingerprint density at radius 3 is 2.48 bits per heavy atom. The number of nitrogens with zero attached hydrogens (tertiary/aromatic N) is 2. The first-order chi connectivity index (χ1) is 13.0. The van der Waals surface area contributed by atoms with Crippen molar-refractivity contribution in [2.24, 2.45) is 0 Å². The smallest absolute Gasteiger partial charge is 0.349 e. The second-order valence-electron chi connectivity index (χ2n) is 6.72. The first kappa shape index (κ1) is 18.4. The molecule has 0 saturated carbocycles. The third-order valence-corrected chi connectivity index (χ3v) is 8.20. The monoisotopic (exact) mass is 408 g/mol. The minimum absolute atomic E-state index is 0.0288. The van der Waals surface area contributed by atoms with Crippen LogP contribution in [0.5, 0.6) is 5.75 Å². The van der Waals surface area contributed by atoms with E-state index >= 15 is 0 Å². The average molecular weight is 409 g/mol. The quantitative estimate of drug-likeness (QED) is 0.707. The van der Waals surface area contributed by atoms with Gasteiger partial charge in [-0.3, -0.25) is 4.98 Å². The van der Waals surface area contributed by atoms with Crippen LogP contribution in [0.25, 0.3) is 0 Å². The lowest BCUT2D eigenvalue weighted by molar-refractivity contribution is 0.0601. The summed E-state index contributed by atoms with van der Waals surface area (Å²) < 4.78 is 38.9. The van der Waals surface area contributed by atoms with E-state index in [1.165, 1.54) is 13.2 Å². The van der Waals surface area contributed by atoms with Crippen molar-refractivity contribution in [3.05, 3.63) is 40.8 Å². The van der Waals surface area contributed by atoms with Gasteiger partial charge in [0.1, 0.15) is 21.6 Å². The molecule has 27 heavy (non-hydrogen) atoms. The van der Waals surface area contributed by atoms with Crippen LogP contribution in [-0.2, 0) is 14.8 Å². The molecule has 4 heterocycles. The molecule has 2 aliphatic rings. The summed E-state index contributed by atoms with van der Waals surface area (Å²) in [5, 5.41) is 1.61. The van der Waals surface area contributed by atoms with Gasteiger partial charge in [-0.15, -0.1) is 11.3 Å². The molecular formula is C18H20N2O5S2. The molecule has 0 radical (unpaired) electrons. The summed E-state index contributed by atoms with van der Waals surface area (Å²) >= 11 is 1.09. The number of carbonyl (C=O) groups excluding carboxylic acids is 1. The van der Waals surface area contributed by atoms with E-state index in [1.54, 1.807) is 34.2 Å². The topological polar surface area (TPSA) is 85.8 Å². The van der Waals surface area contributed by atoms with Gasteiger partial charge in [-0.25, -0.2) is 13.2 Å². The molecule has 2 unspecified atom stereocenters. The third kappa shape index (κ3) is 3.35. The molecule has 2 aliphatic heterocycles. The lowest BCUT2D eigenvalue weighted by Gasteiger charge is -2.37. The molecule has 7 nitrogen and oxygen atoms in total. The Bertz CT molecular complexity index is 914. The van der Waals surface area contributed by atoms with Gasteiger partial charge in [0.25, 0.3) is 0 Å². The van der Waals surface area contributed by atoms with Crippen LogP contribution in [0.3, 0.4) is 0 Å². The summed E-state index contributed by atoms with van der Waals surface area (Å²) in [6, 6.07) is 4.86. The number of carbonyl (C=O) groups is 1. The average Bonchev–Trinajstić information content (AvgIpc) is 3.26. The maximum Gasteiger partial charge on any atom is 0.349 e. The fourth-order valence-corrected chi connectivity index (χ4v) is 7.24. The molecule has 4 rings (SSSR count). The second kappa shape index (κ2) is 7.21. The van der Waals surface area contributed by atoms with Crippen LogP contribution in [0.15, 0.2) is 40.9 Å². The van der Waals surface area contributed by atoms with E-state index in [4.69, 9.17) is 9.47 Å². The van der Waals surface area contributed by atoms with Crippen molar-refractivity contribution in [1.29, 1.82) is 0 Å². The van der Waals surface area contributed by atoms with Gasteiger partial charge in [-0.1, -0.05) is 0 Å². The molecule has 2 aromatic heterocycles. The number of pyridine rings is 1. The predicted octanol–water partition coefficient (Wildman–Crippen LogP) is 2.69. The number of hydrogen-bond donors (Lipinski definition) is 0. The molecule has 0 aliphatic carbocycles. The zero-order valence-corrected chi connectivity index (χ0v) is 16.4. The second-order valence-corrected chi connectivity index (χ2v) is 9.45. The highest BCUT2D eigenvalue weighted by Gasteiger charge is 2.48. The number of sulfonamides is 1. The first-order valence-electron chi connectivity index (χ1n) is 8.76. The van der Waals surface area contributed by atoms with Crippen molar-refractivity contribution in [3.8, 4) is 5.75 Å². The number of aromatic nitrogens is 1. The number of methoxy groups -OCH3 is 1. The molecule has 2 bridgehead atoms. The summed E-state index contributed by atoms with van der Waals surface area (Å²) in [4.78, 5) is 16.1. The molecule has 2 fully saturated rings. The van der Waals surface area contributed by atoms with E-state index < -0.39 is 16.0 Å². The Labute approximate surface area is 162 Å². The molecule has 0 N–H and O–H groups in total. The van der Waals surface area contributed by atoms with Gasteiger partial charge in [-0.05, 0) is 36.4 Å². The standard InChI is InChI=1S/C18H20N2O5S2/c1-24-18(21)17-16(6-9-26-17)27(22,23)20-12-2-3-13(20)11-15(10-12)25-14-4-7-19-8-5-14/h4-9,12-13,15H,2-3,10-11H2,1H3. The minimum Gasteiger partial charge on any atom is -0.490 e. The number of piperidine rings is 1. The number of ether oxygens (including phenoxy) is 2. The number of hydrogen-bond acceptors (Lipinski definition) is 7. The SMILES string of the molecule is COC(=O)c1sccc1S(=O)(=O)N1C2CCC1CC(Oc1ccncc1)C2. The number of esters is 1. The molecule has 2 aromatic rings.